The first-order chi connectivity index (χ1) is 10.1. The number of rotatable bonds is 7. The molecular weight excluding hydrogens is 288 g/mol. The van der Waals surface area contributed by atoms with E-state index in [-0.39, 0.29) is 11.1 Å². The molecule has 2 aliphatic carbocycles. The molecule has 3 atom stereocenters. The van der Waals surface area contributed by atoms with Gasteiger partial charge in [0.1, 0.15) is 0 Å². The molecule has 3 rings (SSSR count). The van der Waals surface area contributed by atoms with Crippen molar-refractivity contribution < 1.29 is 8.42 Å². The zero-order valence-corrected chi connectivity index (χ0v) is 13.2. The second-order valence-corrected chi connectivity index (χ2v) is 7.95. The third-order valence-electron chi connectivity index (χ3n) is 4.73. The minimum Gasteiger partial charge on any atom is -0.313 e. The fraction of sp³-hybridized carbons (Fsp3) is 0.786. The first-order valence-corrected chi connectivity index (χ1v) is 9.33. The van der Waals surface area contributed by atoms with Gasteiger partial charge in [0.05, 0.1) is 6.20 Å². The Morgan fingerprint density at radius 2 is 2.24 bits per heavy atom. The minimum absolute atomic E-state index is 0.105. The van der Waals surface area contributed by atoms with Crippen LogP contribution < -0.4 is 10.0 Å². The Morgan fingerprint density at radius 3 is 2.90 bits per heavy atom. The maximum Gasteiger partial charge on any atom is 0.258 e. The molecule has 2 aliphatic rings. The molecule has 3 unspecified atom stereocenters. The van der Waals surface area contributed by atoms with Crippen molar-refractivity contribution in [2.45, 2.75) is 56.6 Å². The number of hydrogen-bond donors (Lipinski definition) is 3. The molecule has 0 aromatic carbocycles. The average molecular weight is 312 g/mol. The van der Waals surface area contributed by atoms with Crippen molar-refractivity contribution in [2.75, 3.05) is 6.54 Å². The van der Waals surface area contributed by atoms with Crippen LogP contribution in [0.25, 0.3) is 0 Å². The van der Waals surface area contributed by atoms with Gasteiger partial charge in [-0.1, -0.05) is 13.3 Å². The molecule has 0 aliphatic heterocycles. The van der Waals surface area contributed by atoms with Crippen LogP contribution in [0, 0.1) is 11.8 Å². The van der Waals surface area contributed by atoms with Gasteiger partial charge in [-0.2, -0.15) is 5.10 Å². The smallest absolute Gasteiger partial charge is 0.258 e. The van der Waals surface area contributed by atoms with Gasteiger partial charge in [0, 0.05) is 18.2 Å². The maximum absolute atomic E-state index is 12.6. The predicted molar refractivity (Wildman–Crippen MR) is 80.1 cm³/mol. The van der Waals surface area contributed by atoms with Crippen molar-refractivity contribution in [2.24, 2.45) is 11.8 Å². The normalized spacial score (nSPS) is 28.3. The van der Waals surface area contributed by atoms with Crippen molar-refractivity contribution in [1.82, 2.24) is 20.2 Å². The lowest BCUT2D eigenvalue weighted by atomic mass is 9.96. The molecule has 21 heavy (non-hydrogen) atoms. The van der Waals surface area contributed by atoms with E-state index in [2.05, 4.69) is 27.2 Å². The number of nitrogens with zero attached hydrogens (tertiary/aromatic N) is 1. The summed E-state index contributed by atoms with van der Waals surface area (Å²) in [5, 5.41) is 9.99. The number of aromatic nitrogens is 2. The molecule has 1 aromatic rings. The van der Waals surface area contributed by atoms with Gasteiger partial charge in [-0.05, 0) is 44.1 Å². The molecule has 2 saturated carbocycles. The van der Waals surface area contributed by atoms with Gasteiger partial charge in [0.15, 0.2) is 5.03 Å². The van der Waals surface area contributed by atoms with Gasteiger partial charge in [-0.3, -0.25) is 5.10 Å². The van der Waals surface area contributed by atoms with Gasteiger partial charge < -0.3 is 5.32 Å². The fourth-order valence-electron chi connectivity index (χ4n) is 3.70. The van der Waals surface area contributed by atoms with E-state index in [1.165, 1.54) is 12.8 Å². The lowest BCUT2D eigenvalue weighted by Crippen LogP contribution is -2.39. The molecule has 7 heteroatoms. The summed E-state index contributed by atoms with van der Waals surface area (Å²) in [6.07, 6.45) is 7.20. The third kappa shape index (κ3) is 3.14. The quantitative estimate of drug-likeness (QED) is 0.664. The molecule has 0 amide bonds. The summed E-state index contributed by atoms with van der Waals surface area (Å²) in [5.41, 5.74) is 0.708. The monoisotopic (exact) mass is 312 g/mol. The molecular formula is C14H24N4O2S. The van der Waals surface area contributed by atoms with Gasteiger partial charge in [0.25, 0.3) is 10.0 Å². The topological polar surface area (TPSA) is 86.9 Å². The summed E-state index contributed by atoms with van der Waals surface area (Å²) in [7, 11) is -3.50. The van der Waals surface area contributed by atoms with Crippen molar-refractivity contribution in [3.8, 4) is 0 Å². The highest BCUT2D eigenvalue weighted by molar-refractivity contribution is 7.89. The Balaban J connectivity index is 1.68. The highest BCUT2D eigenvalue weighted by Crippen LogP contribution is 2.44. The van der Waals surface area contributed by atoms with Crippen LogP contribution in [0.5, 0.6) is 0 Å². The standard InChI is InChI=1S/C14H24N4O2S/c1-2-5-15-8-12-9-16-17-14(12)21(19,20)18-13-7-10-3-4-11(13)6-10/h9-11,13,15,18H,2-8H2,1H3,(H,16,17). The Bertz CT molecular complexity index is 584. The van der Waals surface area contributed by atoms with E-state index < -0.39 is 10.0 Å². The Kier molecular flexibility index (Phi) is 4.33. The van der Waals surface area contributed by atoms with Crippen LogP contribution in [0.1, 0.15) is 44.6 Å². The Morgan fingerprint density at radius 1 is 1.38 bits per heavy atom. The zero-order chi connectivity index (χ0) is 14.9. The van der Waals surface area contributed by atoms with Crippen molar-refractivity contribution in [3.05, 3.63) is 11.8 Å². The van der Waals surface area contributed by atoms with Crippen LogP contribution in [0.15, 0.2) is 11.2 Å². The number of sulfonamides is 1. The van der Waals surface area contributed by atoms with Gasteiger partial charge in [-0.15, -0.1) is 0 Å². The summed E-state index contributed by atoms with van der Waals surface area (Å²) >= 11 is 0. The van der Waals surface area contributed by atoms with Crippen molar-refractivity contribution >= 4 is 10.0 Å². The first-order valence-electron chi connectivity index (χ1n) is 7.85. The van der Waals surface area contributed by atoms with E-state index in [0.717, 1.165) is 31.7 Å². The Labute approximate surface area is 126 Å². The molecule has 118 valence electrons. The van der Waals surface area contributed by atoms with Crippen LogP contribution >= 0.6 is 0 Å². The van der Waals surface area contributed by atoms with Crippen molar-refractivity contribution in [1.29, 1.82) is 0 Å². The summed E-state index contributed by atoms with van der Waals surface area (Å²) in [6.45, 7) is 3.47. The van der Waals surface area contributed by atoms with Crippen molar-refractivity contribution in [3.63, 3.8) is 0 Å². The molecule has 6 nitrogen and oxygen atoms in total. The van der Waals surface area contributed by atoms with Gasteiger partial charge >= 0.3 is 0 Å². The summed E-state index contributed by atoms with van der Waals surface area (Å²) in [6, 6.07) is 0.105. The van der Waals surface area contributed by atoms with E-state index in [0.29, 0.717) is 18.0 Å². The minimum atomic E-state index is -3.50. The van der Waals surface area contributed by atoms with Gasteiger partial charge in [0.2, 0.25) is 0 Å². The molecule has 0 radical (unpaired) electrons. The number of fused-ring (bicyclic) bond motifs is 2. The second-order valence-electron chi connectivity index (χ2n) is 6.30. The molecule has 1 heterocycles. The van der Waals surface area contributed by atoms with E-state index >= 15 is 0 Å². The van der Waals surface area contributed by atoms with Crippen LogP contribution in [0.2, 0.25) is 0 Å². The van der Waals surface area contributed by atoms with E-state index in [1.807, 2.05) is 0 Å². The number of H-pyrrole nitrogens is 1. The largest absolute Gasteiger partial charge is 0.313 e. The van der Waals surface area contributed by atoms with E-state index in [4.69, 9.17) is 0 Å². The summed E-state index contributed by atoms with van der Waals surface area (Å²) in [5.74, 6) is 1.24. The first kappa shape index (κ1) is 15.0. The zero-order valence-electron chi connectivity index (χ0n) is 12.4. The van der Waals surface area contributed by atoms with Crippen LogP contribution in [0.3, 0.4) is 0 Å². The predicted octanol–water partition coefficient (Wildman–Crippen LogP) is 1.38. The number of hydrogen-bond acceptors (Lipinski definition) is 4. The molecule has 0 spiro atoms. The van der Waals surface area contributed by atoms with E-state index in [9.17, 15) is 8.42 Å². The molecule has 0 saturated heterocycles. The Hall–Kier alpha value is -0.920. The highest BCUT2D eigenvalue weighted by Gasteiger charge is 2.41. The number of aromatic amines is 1. The highest BCUT2D eigenvalue weighted by atomic mass is 32.2. The van der Waals surface area contributed by atoms with Crippen LogP contribution in [0.4, 0.5) is 0 Å². The SMILES string of the molecule is CCCNCc1cn[nH]c1S(=O)(=O)NC1CC2CCC1C2. The summed E-state index contributed by atoms with van der Waals surface area (Å²) < 4.78 is 28.0. The van der Waals surface area contributed by atoms with E-state index in [1.54, 1.807) is 6.20 Å². The summed E-state index contributed by atoms with van der Waals surface area (Å²) in [4.78, 5) is 0. The van der Waals surface area contributed by atoms with Crippen LogP contribution in [-0.2, 0) is 16.6 Å². The maximum atomic E-state index is 12.6. The molecule has 1 aromatic heterocycles. The molecule has 2 fully saturated rings. The third-order valence-corrected chi connectivity index (χ3v) is 6.24. The second kappa shape index (κ2) is 6.06. The average Bonchev–Trinajstić information content (AvgIpc) is 3.13. The molecule has 2 bridgehead atoms. The lowest BCUT2D eigenvalue weighted by molar-refractivity contribution is 0.389. The fourth-order valence-corrected chi connectivity index (χ4v) is 5.15. The number of nitrogens with one attached hydrogen (secondary N) is 3. The van der Waals surface area contributed by atoms with Gasteiger partial charge in [-0.25, -0.2) is 13.1 Å². The lowest BCUT2D eigenvalue weighted by Gasteiger charge is -2.22. The van der Waals surface area contributed by atoms with Crippen LogP contribution in [-0.4, -0.2) is 31.2 Å². The molecule has 3 N–H and O–H groups in total.